The molecule has 0 heterocycles. The van der Waals surface area contributed by atoms with Crippen molar-refractivity contribution in [3.8, 4) is 11.5 Å². The summed E-state index contributed by atoms with van der Waals surface area (Å²) in [7, 11) is 0. The molecule has 0 unspecified atom stereocenters. The van der Waals surface area contributed by atoms with E-state index in [2.05, 4.69) is 11.7 Å². The van der Waals surface area contributed by atoms with Crippen LogP contribution in [0.5, 0.6) is 11.5 Å². The van der Waals surface area contributed by atoms with Crippen LogP contribution in [0, 0.1) is 23.3 Å². The Bertz CT molecular complexity index is 1360. The maximum atomic E-state index is 14.6. The van der Waals surface area contributed by atoms with Crippen molar-refractivity contribution in [1.82, 2.24) is 0 Å². The topological polar surface area (TPSA) is 35.5 Å². The molecule has 0 aromatic heterocycles. The maximum absolute atomic E-state index is 14.6. The smallest absolute Gasteiger partial charge is 0.423 e. The Morgan fingerprint density at radius 2 is 1.38 bits per heavy atom. The lowest BCUT2D eigenvalue weighted by atomic mass is 10.0. The lowest BCUT2D eigenvalue weighted by molar-refractivity contribution is -0.275. The Hall–Kier alpha value is -3.82. The minimum atomic E-state index is -5.15. The highest BCUT2D eigenvalue weighted by Crippen LogP contribution is 2.29. The van der Waals surface area contributed by atoms with Crippen LogP contribution in [0.15, 0.2) is 48.5 Å². The van der Waals surface area contributed by atoms with Gasteiger partial charge in [0.2, 0.25) is 0 Å². The van der Waals surface area contributed by atoms with Gasteiger partial charge in [-0.2, -0.15) is 0 Å². The normalized spacial score (nSPS) is 11.7. The van der Waals surface area contributed by atoms with Crippen LogP contribution in [-0.2, 0) is 6.42 Å². The summed E-state index contributed by atoms with van der Waals surface area (Å²) < 4.78 is 103. The Labute approximate surface area is 240 Å². The van der Waals surface area contributed by atoms with Gasteiger partial charge in [-0.1, -0.05) is 76.2 Å². The molecule has 0 saturated carbocycles. The van der Waals surface area contributed by atoms with E-state index in [1.165, 1.54) is 50.3 Å². The number of benzene rings is 3. The standard InChI is InChI=1S/C32H31F7O3/c1-2-3-4-5-6-7-8-9-10-21-11-13-23(25(33)17-21)14-12-22-18-27(35)30(28(36)19-22)31(40)41-24-15-16-29(26(34)20-24)42-32(37,38)39/h11-20H,2-10H2,1H3. The number of hydrogen-bond donors (Lipinski definition) is 0. The number of hydrogen-bond acceptors (Lipinski definition) is 3. The molecule has 10 heteroatoms. The van der Waals surface area contributed by atoms with Crippen molar-refractivity contribution in [3.63, 3.8) is 0 Å². The second-order valence-corrected chi connectivity index (χ2v) is 9.80. The second-order valence-electron chi connectivity index (χ2n) is 9.80. The fourth-order valence-corrected chi connectivity index (χ4v) is 4.30. The van der Waals surface area contributed by atoms with Crippen LogP contribution >= 0.6 is 0 Å². The van der Waals surface area contributed by atoms with Gasteiger partial charge in [0, 0.05) is 11.6 Å². The highest BCUT2D eigenvalue weighted by molar-refractivity contribution is 5.92. The van der Waals surface area contributed by atoms with E-state index >= 15 is 0 Å². The number of ether oxygens (including phenoxy) is 2. The molecule has 42 heavy (non-hydrogen) atoms. The average Bonchev–Trinajstić information content (AvgIpc) is 2.90. The Balaban J connectivity index is 1.59. The Kier molecular flexibility index (Phi) is 12.0. The van der Waals surface area contributed by atoms with Crippen molar-refractivity contribution in [2.75, 3.05) is 0 Å². The van der Waals surface area contributed by atoms with Crippen molar-refractivity contribution < 1.29 is 45.0 Å². The van der Waals surface area contributed by atoms with E-state index in [1.54, 1.807) is 12.1 Å². The van der Waals surface area contributed by atoms with Gasteiger partial charge in [-0.15, -0.1) is 13.2 Å². The molecule has 0 aliphatic heterocycles. The van der Waals surface area contributed by atoms with E-state index in [1.807, 2.05) is 0 Å². The first-order valence-corrected chi connectivity index (χ1v) is 13.7. The number of unbranched alkanes of at least 4 members (excludes halogenated alkanes) is 7. The zero-order valence-electron chi connectivity index (χ0n) is 23.0. The molecule has 0 saturated heterocycles. The third-order valence-corrected chi connectivity index (χ3v) is 6.45. The van der Waals surface area contributed by atoms with E-state index in [9.17, 15) is 35.5 Å². The monoisotopic (exact) mass is 596 g/mol. The van der Waals surface area contributed by atoms with Gasteiger partial charge in [0.15, 0.2) is 11.6 Å². The summed E-state index contributed by atoms with van der Waals surface area (Å²) in [5.41, 5.74) is -0.0414. The van der Waals surface area contributed by atoms with E-state index in [0.29, 0.717) is 12.1 Å². The molecule has 0 radical (unpaired) electrons. The van der Waals surface area contributed by atoms with Crippen LogP contribution in [0.4, 0.5) is 30.7 Å². The van der Waals surface area contributed by atoms with Gasteiger partial charge in [0.05, 0.1) is 0 Å². The van der Waals surface area contributed by atoms with Crippen LogP contribution in [0.1, 0.15) is 85.3 Å². The molecule has 0 amide bonds. The predicted octanol–water partition coefficient (Wildman–Crippen LogP) is 10.2. The fraction of sp³-hybridized carbons (Fsp3) is 0.344. The molecule has 0 fully saturated rings. The molecular formula is C32H31F7O3. The van der Waals surface area contributed by atoms with E-state index < -0.39 is 52.7 Å². The first-order chi connectivity index (χ1) is 20.0. The number of alkyl halides is 3. The van der Waals surface area contributed by atoms with Crippen LogP contribution in [-0.4, -0.2) is 12.3 Å². The van der Waals surface area contributed by atoms with Crippen LogP contribution in [0.2, 0.25) is 0 Å². The largest absolute Gasteiger partial charge is 0.573 e. The SMILES string of the molecule is CCCCCCCCCCc1ccc(C=Cc2cc(F)c(C(=O)Oc3ccc(OC(F)(F)F)c(F)c3)c(F)c2)c(F)c1. The van der Waals surface area contributed by atoms with Gasteiger partial charge in [-0.25, -0.2) is 22.4 Å². The number of rotatable bonds is 14. The third kappa shape index (κ3) is 10.2. The zero-order valence-corrected chi connectivity index (χ0v) is 23.0. The van der Waals surface area contributed by atoms with Crippen LogP contribution in [0.3, 0.4) is 0 Å². The Morgan fingerprint density at radius 3 is 1.98 bits per heavy atom. The van der Waals surface area contributed by atoms with Gasteiger partial charge in [0.1, 0.15) is 28.8 Å². The lowest BCUT2D eigenvalue weighted by Crippen LogP contribution is -2.18. The van der Waals surface area contributed by atoms with E-state index in [-0.39, 0.29) is 11.1 Å². The molecule has 0 aliphatic carbocycles. The highest BCUT2D eigenvalue weighted by atomic mass is 19.4. The molecule has 226 valence electrons. The highest BCUT2D eigenvalue weighted by Gasteiger charge is 2.32. The fourth-order valence-electron chi connectivity index (χ4n) is 4.30. The van der Waals surface area contributed by atoms with Gasteiger partial charge < -0.3 is 9.47 Å². The molecule has 0 N–H and O–H groups in total. The van der Waals surface area contributed by atoms with Crippen molar-refractivity contribution >= 4 is 18.1 Å². The van der Waals surface area contributed by atoms with Crippen molar-refractivity contribution in [1.29, 1.82) is 0 Å². The Morgan fingerprint density at radius 1 is 0.738 bits per heavy atom. The minimum Gasteiger partial charge on any atom is -0.423 e. The van der Waals surface area contributed by atoms with Crippen LogP contribution in [0.25, 0.3) is 12.2 Å². The lowest BCUT2D eigenvalue weighted by Gasteiger charge is -2.11. The van der Waals surface area contributed by atoms with Gasteiger partial charge >= 0.3 is 12.3 Å². The van der Waals surface area contributed by atoms with Crippen molar-refractivity contribution in [2.45, 2.75) is 71.1 Å². The van der Waals surface area contributed by atoms with Gasteiger partial charge in [0.25, 0.3) is 0 Å². The van der Waals surface area contributed by atoms with Crippen molar-refractivity contribution in [3.05, 3.63) is 94.1 Å². The molecule has 3 aromatic carbocycles. The molecule has 3 rings (SSSR count). The quantitative estimate of drug-likeness (QED) is 0.0611. The van der Waals surface area contributed by atoms with Gasteiger partial charge in [-0.05, 0) is 54.3 Å². The summed E-state index contributed by atoms with van der Waals surface area (Å²) in [4.78, 5) is 12.3. The zero-order chi connectivity index (χ0) is 30.7. The summed E-state index contributed by atoms with van der Waals surface area (Å²) in [6.07, 6.45) is 7.61. The number of aryl methyl sites for hydroxylation is 1. The van der Waals surface area contributed by atoms with E-state index in [4.69, 9.17) is 4.74 Å². The summed E-state index contributed by atoms with van der Waals surface area (Å²) in [5, 5.41) is 0. The minimum absolute atomic E-state index is 0.0105. The molecule has 0 atom stereocenters. The van der Waals surface area contributed by atoms with Crippen LogP contribution < -0.4 is 9.47 Å². The van der Waals surface area contributed by atoms with E-state index in [0.717, 1.165) is 49.4 Å². The number of esters is 1. The molecule has 0 aliphatic rings. The molecule has 3 aromatic rings. The molecule has 0 spiro atoms. The van der Waals surface area contributed by atoms with Crippen molar-refractivity contribution in [2.24, 2.45) is 0 Å². The maximum Gasteiger partial charge on any atom is 0.573 e. The summed E-state index contributed by atoms with van der Waals surface area (Å²) in [5.74, 6) is -7.92. The average molecular weight is 597 g/mol. The van der Waals surface area contributed by atoms with Gasteiger partial charge in [-0.3, -0.25) is 0 Å². The summed E-state index contributed by atoms with van der Waals surface area (Å²) >= 11 is 0. The number of halogens is 7. The number of carbonyl (C=O) groups excluding carboxylic acids is 1. The molecular weight excluding hydrogens is 565 g/mol. The number of carbonyl (C=O) groups is 1. The molecule has 3 nitrogen and oxygen atoms in total. The first-order valence-electron chi connectivity index (χ1n) is 13.7. The predicted molar refractivity (Wildman–Crippen MR) is 146 cm³/mol. The third-order valence-electron chi connectivity index (χ3n) is 6.45. The summed E-state index contributed by atoms with van der Waals surface area (Å²) in [6, 6.07) is 8.19. The summed E-state index contributed by atoms with van der Waals surface area (Å²) in [6.45, 7) is 2.18. The second kappa shape index (κ2) is 15.4. The first kappa shape index (κ1) is 32.7. The molecule has 0 bridgehead atoms.